The molecule has 5 aromatic carbocycles. The Bertz CT molecular complexity index is 3080. The molecule has 2 N–H and O–H groups in total. The molecule has 2 aliphatic carbocycles. The average Bonchev–Trinajstić information content (AvgIpc) is 1.71. The molecular weight excluding hydrogens is 1060 g/mol. The molecule has 0 bridgehead atoms. The van der Waals surface area contributed by atoms with E-state index in [1.54, 1.807) is 26.0 Å². The maximum Gasteiger partial charge on any atom is 0.407 e. The van der Waals surface area contributed by atoms with Crippen molar-refractivity contribution < 1.29 is 57.6 Å². The number of benzene rings is 5. The summed E-state index contributed by atoms with van der Waals surface area (Å²) in [6.07, 6.45) is 4.20. The molecule has 2 amide bonds. The predicted octanol–water partition coefficient (Wildman–Crippen LogP) is 12.5. The molecule has 3 aliphatic rings. The van der Waals surface area contributed by atoms with E-state index in [4.69, 9.17) is 28.7 Å². The van der Waals surface area contributed by atoms with Gasteiger partial charge >= 0.3 is 12.1 Å². The Morgan fingerprint density at radius 2 is 1.27 bits per heavy atom. The number of unbranched alkanes of at least 4 members (excludes halogenated alkanes) is 4. The number of ether oxygens (including phenoxy) is 5. The molecule has 0 aromatic heterocycles. The molecule has 444 valence electrons. The van der Waals surface area contributed by atoms with Gasteiger partial charge in [0.25, 0.3) is 0 Å². The van der Waals surface area contributed by atoms with Crippen LogP contribution in [0.3, 0.4) is 0 Å². The Hall–Kier alpha value is -7.91. The third kappa shape index (κ3) is 15.6. The molecule has 5 aromatic rings. The number of rotatable bonds is 29. The zero-order valence-corrected chi connectivity index (χ0v) is 49.5. The summed E-state index contributed by atoms with van der Waals surface area (Å²) in [5.41, 5.74) is 6.05. The molecule has 1 heterocycles. The maximum absolute atomic E-state index is 14.4. The lowest BCUT2D eigenvalue weighted by Gasteiger charge is -2.38. The molecule has 0 radical (unpaired) electrons. The molecule has 3 atom stereocenters. The number of esters is 1. The Morgan fingerprint density at radius 3 is 1.87 bits per heavy atom. The number of hydrogen-bond donors (Lipinski definition) is 2. The zero-order valence-electron chi connectivity index (χ0n) is 49.5. The highest BCUT2D eigenvalue weighted by Gasteiger charge is 2.43. The van der Waals surface area contributed by atoms with Crippen molar-refractivity contribution in [1.29, 1.82) is 0 Å². The Balaban J connectivity index is 0.885. The van der Waals surface area contributed by atoms with Gasteiger partial charge in [0, 0.05) is 56.7 Å². The fourth-order valence-corrected chi connectivity index (χ4v) is 12.1. The van der Waals surface area contributed by atoms with Crippen LogP contribution >= 0.6 is 0 Å². The van der Waals surface area contributed by atoms with Crippen LogP contribution in [-0.2, 0) is 43.8 Å². The fraction of sp³-hybridized carbons (Fsp3) is 0.435. The number of amides is 2. The average molecular weight is 1140 g/mol. The third-order valence-electron chi connectivity index (χ3n) is 16.4. The summed E-state index contributed by atoms with van der Waals surface area (Å²) in [4.78, 5) is 86.1. The Morgan fingerprint density at radius 1 is 0.690 bits per heavy atom. The molecule has 1 aliphatic heterocycles. The topological polar surface area (TPSA) is 196 Å². The van der Waals surface area contributed by atoms with Crippen molar-refractivity contribution in [1.82, 2.24) is 10.2 Å². The number of nitrogens with zero attached hydrogens (tertiary/aromatic N) is 2. The monoisotopic (exact) mass is 1140 g/mol. The first-order valence-corrected chi connectivity index (χ1v) is 29.6. The van der Waals surface area contributed by atoms with E-state index in [0.29, 0.717) is 81.5 Å². The minimum atomic E-state index is -1.15. The van der Waals surface area contributed by atoms with Crippen molar-refractivity contribution in [2.45, 2.75) is 147 Å². The fourth-order valence-electron chi connectivity index (χ4n) is 12.1. The van der Waals surface area contributed by atoms with Crippen molar-refractivity contribution in [2.24, 2.45) is 10.4 Å². The van der Waals surface area contributed by atoms with Crippen LogP contribution in [0.2, 0.25) is 0 Å². The Labute approximate surface area is 494 Å². The van der Waals surface area contributed by atoms with Gasteiger partial charge in [0.05, 0.1) is 45.4 Å². The van der Waals surface area contributed by atoms with Gasteiger partial charge in [0.1, 0.15) is 47.4 Å². The quantitative estimate of drug-likeness (QED) is 0.0199. The summed E-state index contributed by atoms with van der Waals surface area (Å²) < 4.78 is 30.0. The molecule has 0 saturated carbocycles. The van der Waals surface area contributed by atoms with Gasteiger partial charge in [-0.15, -0.1) is 0 Å². The van der Waals surface area contributed by atoms with Crippen molar-refractivity contribution >= 4 is 41.0 Å². The number of carbonyl (C=O) groups is 6. The van der Waals surface area contributed by atoms with E-state index in [2.05, 4.69) is 29.6 Å². The molecule has 1 fully saturated rings. The second-order valence-electron chi connectivity index (χ2n) is 23.2. The van der Waals surface area contributed by atoms with Gasteiger partial charge < -0.3 is 43.8 Å². The number of carbonyl (C=O) groups excluding carboxylic acids is 6. The van der Waals surface area contributed by atoms with Gasteiger partial charge in [-0.25, -0.2) is 4.79 Å². The van der Waals surface area contributed by atoms with Gasteiger partial charge in [0.2, 0.25) is 5.91 Å². The van der Waals surface area contributed by atoms with E-state index in [0.717, 1.165) is 38.9 Å². The number of likely N-dealkylation sites (tertiary alicyclic amines) is 1. The summed E-state index contributed by atoms with van der Waals surface area (Å²) in [6.45, 7) is 7.77. The number of fused-ring (bicyclic) bond motifs is 3. The van der Waals surface area contributed by atoms with Gasteiger partial charge in [-0.1, -0.05) is 130 Å². The van der Waals surface area contributed by atoms with E-state index in [-0.39, 0.29) is 92.4 Å². The van der Waals surface area contributed by atoms with Crippen LogP contribution in [0.5, 0.6) is 11.5 Å². The van der Waals surface area contributed by atoms with Crippen molar-refractivity contribution in [2.75, 3.05) is 40.5 Å². The van der Waals surface area contributed by atoms with Crippen LogP contribution in [0.4, 0.5) is 4.79 Å². The van der Waals surface area contributed by atoms with Crippen LogP contribution in [-0.4, -0.2) is 110 Å². The van der Waals surface area contributed by atoms with E-state index >= 15 is 0 Å². The standard InChI is InChI=1S/C69H81N3O12/c1-46(73)29-38-65(78)84-54-40-51(44-83-69(48-20-10-9-11-21-48,49-30-34-52(80-5)35-31-49)50-32-36-53(81-6)37-33-50)72(43-54)64(77)28-13-8-7-12-27-61(74)60(71-47(2)66-62(75)41-68(3,4)42-63(66)76)26-18-19-39-70-67(79)82-45-59-57-24-16-14-22-55(57)56-23-15-17-25-58(56)59/h9-11,14-17,20-25,30-37,51,54,59-60,75H,7-8,12-13,18-19,26-29,38-45H2,1-6H3,(H,70,79)/t51-,54+,60?/m0/s1. The SMILES string of the molecule is COc1ccc(C(OC[C@@H]2C[C@@H](OC(=O)CCC(C)=O)CN2C(=O)CCCCCCC(=O)C(CCCCNC(=O)OCC2c3ccccc3-c3ccccc32)N=C(C)C2=C(O)CC(C)(C)CC2=O)(c2ccccc2)c2ccc(OC)cc2)cc1. The van der Waals surface area contributed by atoms with Crippen molar-refractivity contribution in [3.8, 4) is 22.6 Å². The summed E-state index contributed by atoms with van der Waals surface area (Å²) in [6, 6.07) is 40.4. The van der Waals surface area contributed by atoms with Crippen molar-refractivity contribution in [3.05, 3.63) is 167 Å². The summed E-state index contributed by atoms with van der Waals surface area (Å²) in [5.74, 6) is 0.269. The lowest BCUT2D eigenvalue weighted by Crippen LogP contribution is -2.42. The number of alkyl carbamates (subject to hydrolysis) is 1. The van der Waals surface area contributed by atoms with Crippen LogP contribution in [0.25, 0.3) is 11.1 Å². The minimum Gasteiger partial charge on any atom is -0.511 e. The normalized spacial score (nSPS) is 17.0. The predicted molar refractivity (Wildman–Crippen MR) is 322 cm³/mol. The lowest BCUT2D eigenvalue weighted by atomic mass is 9.75. The van der Waals surface area contributed by atoms with Crippen LogP contribution < -0.4 is 14.8 Å². The highest BCUT2D eigenvalue weighted by Crippen LogP contribution is 2.45. The number of methoxy groups -OCH3 is 2. The van der Waals surface area contributed by atoms with Gasteiger partial charge in [-0.3, -0.25) is 24.2 Å². The molecule has 15 nitrogen and oxygen atoms in total. The third-order valence-corrected chi connectivity index (χ3v) is 16.4. The van der Waals surface area contributed by atoms with Crippen molar-refractivity contribution in [3.63, 3.8) is 0 Å². The van der Waals surface area contributed by atoms with Crippen LogP contribution in [0.15, 0.2) is 144 Å². The number of aliphatic hydroxyl groups is 1. The summed E-state index contributed by atoms with van der Waals surface area (Å²) >= 11 is 0. The molecule has 1 saturated heterocycles. The number of aliphatic imine (C=N–C) groups is 1. The number of allylic oxidation sites excluding steroid dienone is 2. The van der Waals surface area contributed by atoms with E-state index in [1.165, 1.54) is 6.92 Å². The second kappa shape index (κ2) is 29.1. The number of hydrogen-bond acceptors (Lipinski definition) is 13. The van der Waals surface area contributed by atoms with Gasteiger partial charge in [0.15, 0.2) is 11.6 Å². The first kappa shape index (κ1) is 62.1. The lowest BCUT2D eigenvalue weighted by molar-refractivity contribution is -0.150. The molecule has 84 heavy (non-hydrogen) atoms. The molecule has 8 rings (SSSR count). The molecule has 15 heteroatoms. The van der Waals surface area contributed by atoms with E-state index < -0.39 is 41.3 Å². The smallest absolute Gasteiger partial charge is 0.407 e. The van der Waals surface area contributed by atoms with E-state index in [1.807, 2.05) is 117 Å². The molecular formula is C69H81N3O12. The number of ketones is 3. The maximum atomic E-state index is 14.4. The molecule has 1 unspecified atom stereocenters. The molecule has 0 spiro atoms. The second-order valence-corrected chi connectivity index (χ2v) is 23.2. The van der Waals surface area contributed by atoms with Crippen LogP contribution in [0, 0.1) is 5.41 Å². The van der Waals surface area contributed by atoms with E-state index in [9.17, 15) is 33.9 Å². The van der Waals surface area contributed by atoms with Gasteiger partial charge in [-0.2, -0.15) is 0 Å². The summed E-state index contributed by atoms with van der Waals surface area (Å²) in [5, 5.41) is 13.9. The highest BCUT2D eigenvalue weighted by atomic mass is 16.6. The summed E-state index contributed by atoms with van der Waals surface area (Å²) in [7, 11) is 3.23. The highest BCUT2D eigenvalue weighted by molar-refractivity contribution is 6.22. The number of aliphatic hydroxyl groups excluding tert-OH is 1. The van der Waals surface area contributed by atoms with Gasteiger partial charge in [-0.05, 0) is 115 Å². The Kier molecular flexibility index (Phi) is 21.5. The van der Waals surface area contributed by atoms with Crippen LogP contribution in [0.1, 0.15) is 151 Å². The first-order valence-electron chi connectivity index (χ1n) is 29.6. The minimum absolute atomic E-state index is 0.0121. The largest absolute Gasteiger partial charge is 0.511 e. The number of nitrogens with one attached hydrogen (secondary N) is 1. The first-order chi connectivity index (χ1) is 40.5. The number of Topliss-reactive ketones (excluding diaryl/α,β-unsaturated/α-hetero) is 3. The zero-order chi connectivity index (χ0) is 59.8.